The quantitative estimate of drug-likeness (QED) is 0.661. The summed E-state index contributed by atoms with van der Waals surface area (Å²) in [6.07, 6.45) is 0.622. The van der Waals surface area contributed by atoms with Crippen LogP contribution < -0.4 is 14.4 Å². The fourth-order valence-electron chi connectivity index (χ4n) is 3.46. The van der Waals surface area contributed by atoms with E-state index in [2.05, 4.69) is 4.72 Å². The molecule has 1 N–H and O–H groups in total. The molecule has 1 amide bonds. The number of sulfonamides is 1. The van der Waals surface area contributed by atoms with Crippen LogP contribution in [0, 0.1) is 0 Å². The summed E-state index contributed by atoms with van der Waals surface area (Å²) in [5.41, 5.74) is 3.16. The second kappa shape index (κ2) is 8.30. The van der Waals surface area contributed by atoms with E-state index in [4.69, 9.17) is 4.74 Å². The molecule has 0 radical (unpaired) electrons. The fraction of sp³-hybridized carbons (Fsp3) is 0.174. The summed E-state index contributed by atoms with van der Waals surface area (Å²) in [4.78, 5) is 14.9. The molecule has 0 saturated heterocycles. The third-order valence-electron chi connectivity index (χ3n) is 5.12. The molecular formula is C23H22N2O4S. The summed E-state index contributed by atoms with van der Waals surface area (Å²) in [6.45, 7) is 0.948. The zero-order valence-corrected chi connectivity index (χ0v) is 17.4. The van der Waals surface area contributed by atoms with Gasteiger partial charge in [0.2, 0.25) is 10.0 Å². The van der Waals surface area contributed by atoms with E-state index < -0.39 is 10.0 Å². The summed E-state index contributed by atoms with van der Waals surface area (Å²) in [5, 5.41) is 0. The number of para-hydroxylation sites is 1. The van der Waals surface area contributed by atoms with E-state index in [-0.39, 0.29) is 10.8 Å². The summed E-state index contributed by atoms with van der Waals surface area (Å²) in [6, 6.07) is 21.8. The molecule has 0 spiro atoms. The lowest BCUT2D eigenvalue weighted by atomic mass is 10.1. The van der Waals surface area contributed by atoms with Crippen molar-refractivity contribution in [2.75, 3.05) is 18.5 Å². The van der Waals surface area contributed by atoms with Crippen LogP contribution >= 0.6 is 0 Å². The van der Waals surface area contributed by atoms with Crippen LogP contribution in [-0.2, 0) is 23.1 Å². The molecule has 3 aromatic carbocycles. The van der Waals surface area contributed by atoms with Crippen LogP contribution in [-0.4, -0.2) is 27.9 Å². The van der Waals surface area contributed by atoms with Crippen LogP contribution in [0.15, 0.2) is 77.7 Å². The van der Waals surface area contributed by atoms with Crippen LogP contribution in [0.2, 0.25) is 0 Å². The first kappa shape index (κ1) is 20.1. The number of anilines is 1. The lowest BCUT2D eigenvalue weighted by Crippen LogP contribution is -2.28. The topological polar surface area (TPSA) is 75.7 Å². The molecule has 0 unspecified atom stereocenters. The standard InChI is InChI=1S/C23H22N2O4S/c1-24-30(27,28)21-11-12-22-19(15-21)13-14-25(22)23(26)18-9-7-17(8-10-18)16-29-20-5-3-2-4-6-20/h2-12,15,24H,13-14,16H2,1H3. The SMILES string of the molecule is CNS(=O)(=O)c1ccc2c(c1)CCN2C(=O)c1ccc(COc2ccccc2)cc1. The van der Waals surface area contributed by atoms with E-state index in [0.717, 1.165) is 22.6 Å². The van der Waals surface area contributed by atoms with Crippen molar-refractivity contribution in [1.82, 2.24) is 4.72 Å². The maximum atomic E-state index is 13.0. The molecule has 7 heteroatoms. The van der Waals surface area contributed by atoms with Gasteiger partial charge in [0.15, 0.2) is 0 Å². The average molecular weight is 423 g/mol. The van der Waals surface area contributed by atoms with Gasteiger partial charge >= 0.3 is 0 Å². The molecule has 154 valence electrons. The minimum atomic E-state index is -3.51. The van der Waals surface area contributed by atoms with Crippen molar-refractivity contribution in [3.05, 3.63) is 89.5 Å². The first-order chi connectivity index (χ1) is 14.5. The van der Waals surface area contributed by atoms with Crippen LogP contribution in [0.25, 0.3) is 0 Å². The van der Waals surface area contributed by atoms with Crippen molar-refractivity contribution in [1.29, 1.82) is 0 Å². The molecule has 4 rings (SSSR count). The highest BCUT2D eigenvalue weighted by molar-refractivity contribution is 7.89. The number of nitrogens with zero attached hydrogens (tertiary/aromatic N) is 1. The minimum Gasteiger partial charge on any atom is -0.489 e. The van der Waals surface area contributed by atoms with Crippen molar-refractivity contribution in [3.63, 3.8) is 0 Å². The van der Waals surface area contributed by atoms with Gasteiger partial charge < -0.3 is 9.64 Å². The lowest BCUT2D eigenvalue weighted by molar-refractivity contribution is 0.0989. The highest BCUT2D eigenvalue weighted by atomic mass is 32.2. The Morgan fingerprint density at radius 1 is 1.03 bits per heavy atom. The van der Waals surface area contributed by atoms with Gasteiger partial charge in [-0.25, -0.2) is 13.1 Å². The Balaban J connectivity index is 1.47. The largest absolute Gasteiger partial charge is 0.489 e. The molecule has 0 saturated carbocycles. The zero-order chi connectivity index (χ0) is 21.1. The minimum absolute atomic E-state index is 0.103. The Morgan fingerprint density at radius 3 is 2.47 bits per heavy atom. The van der Waals surface area contributed by atoms with Gasteiger partial charge in [-0.05, 0) is 67.1 Å². The summed E-state index contributed by atoms with van der Waals surface area (Å²) >= 11 is 0. The summed E-state index contributed by atoms with van der Waals surface area (Å²) in [7, 11) is -2.12. The van der Waals surface area contributed by atoms with Crippen molar-refractivity contribution in [2.24, 2.45) is 0 Å². The van der Waals surface area contributed by atoms with E-state index >= 15 is 0 Å². The Labute approximate surface area is 176 Å². The van der Waals surface area contributed by atoms with Crippen molar-refractivity contribution < 1.29 is 17.9 Å². The van der Waals surface area contributed by atoms with Crippen molar-refractivity contribution in [3.8, 4) is 5.75 Å². The van der Waals surface area contributed by atoms with Crippen LogP contribution in [0.5, 0.6) is 5.75 Å². The van der Waals surface area contributed by atoms with Crippen molar-refractivity contribution >= 4 is 21.6 Å². The van der Waals surface area contributed by atoms with Gasteiger partial charge in [-0.2, -0.15) is 0 Å². The Kier molecular flexibility index (Phi) is 5.57. The Bertz CT molecular complexity index is 1160. The number of carbonyl (C=O) groups is 1. The lowest BCUT2D eigenvalue weighted by Gasteiger charge is -2.18. The molecule has 0 aromatic heterocycles. The number of hydrogen-bond acceptors (Lipinski definition) is 4. The second-order valence-electron chi connectivity index (χ2n) is 7.00. The normalized spacial score (nSPS) is 13.2. The molecule has 0 atom stereocenters. The van der Waals surface area contributed by atoms with E-state index in [1.54, 1.807) is 29.2 Å². The maximum Gasteiger partial charge on any atom is 0.258 e. The van der Waals surface area contributed by atoms with E-state index in [9.17, 15) is 13.2 Å². The van der Waals surface area contributed by atoms with Gasteiger partial charge in [0.25, 0.3) is 5.91 Å². The molecule has 0 aliphatic carbocycles. The molecule has 1 aliphatic rings. The predicted molar refractivity (Wildman–Crippen MR) is 115 cm³/mol. The third kappa shape index (κ3) is 4.08. The molecule has 0 fully saturated rings. The maximum absolute atomic E-state index is 13.0. The van der Waals surface area contributed by atoms with Crippen molar-refractivity contribution in [2.45, 2.75) is 17.9 Å². The number of hydrogen-bond donors (Lipinski definition) is 1. The highest BCUT2D eigenvalue weighted by Crippen LogP contribution is 2.31. The molecule has 1 aliphatic heterocycles. The molecule has 3 aromatic rings. The van der Waals surface area contributed by atoms with E-state index in [1.807, 2.05) is 42.5 Å². The molecule has 30 heavy (non-hydrogen) atoms. The van der Waals surface area contributed by atoms with Crippen LogP contribution in [0.1, 0.15) is 21.5 Å². The summed E-state index contributed by atoms with van der Waals surface area (Å²) < 4.78 is 32.1. The molecule has 6 nitrogen and oxygen atoms in total. The highest BCUT2D eigenvalue weighted by Gasteiger charge is 2.27. The number of amides is 1. The summed E-state index contributed by atoms with van der Waals surface area (Å²) in [5.74, 6) is 0.694. The number of rotatable bonds is 6. The number of ether oxygens (including phenoxy) is 1. The number of carbonyl (C=O) groups excluding carboxylic acids is 1. The monoisotopic (exact) mass is 422 g/mol. The molecule has 1 heterocycles. The number of fused-ring (bicyclic) bond motifs is 1. The predicted octanol–water partition coefficient (Wildman–Crippen LogP) is 3.38. The van der Waals surface area contributed by atoms with Crippen LogP contribution in [0.4, 0.5) is 5.69 Å². The fourth-order valence-corrected chi connectivity index (χ4v) is 4.24. The Morgan fingerprint density at radius 2 is 1.77 bits per heavy atom. The van der Waals surface area contributed by atoms with E-state index in [0.29, 0.717) is 25.1 Å². The molecular weight excluding hydrogens is 400 g/mol. The van der Waals surface area contributed by atoms with Gasteiger partial charge in [0.05, 0.1) is 4.90 Å². The van der Waals surface area contributed by atoms with Gasteiger partial charge in [-0.1, -0.05) is 30.3 Å². The zero-order valence-electron chi connectivity index (χ0n) is 16.5. The van der Waals surface area contributed by atoms with E-state index in [1.165, 1.54) is 13.1 Å². The third-order valence-corrected chi connectivity index (χ3v) is 6.53. The molecule has 0 bridgehead atoms. The smallest absolute Gasteiger partial charge is 0.258 e. The number of nitrogens with one attached hydrogen (secondary N) is 1. The van der Waals surface area contributed by atoms with Gasteiger partial charge in [-0.15, -0.1) is 0 Å². The average Bonchev–Trinajstić information content (AvgIpc) is 3.21. The van der Waals surface area contributed by atoms with Gasteiger partial charge in [0, 0.05) is 17.8 Å². The Hall–Kier alpha value is -3.16. The first-order valence-electron chi connectivity index (χ1n) is 9.63. The number of benzene rings is 3. The van der Waals surface area contributed by atoms with Gasteiger partial charge in [-0.3, -0.25) is 4.79 Å². The second-order valence-corrected chi connectivity index (χ2v) is 8.89. The van der Waals surface area contributed by atoms with Crippen LogP contribution in [0.3, 0.4) is 0 Å². The first-order valence-corrected chi connectivity index (χ1v) is 11.1. The van der Waals surface area contributed by atoms with Gasteiger partial charge in [0.1, 0.15) is 12.4 Å².